The molecule has 0 aliphatic heterocycles. The highest BCUT2D eigenvalue weighted by molar-refractivity contribution is 9.10. The molecule has 20 heavy (non-hydrogen) atoms. The van der Waals surface area contributed by atoms with Gasteiger partial charge in [0, 0.05) is 15.7 Å². The van der Waals surface area contributed by atoms with Gasteiger partial charge in [-0.25, -0.2) is 0 Å². The first kappa shape index (κ1) is 14.9. The third kappa shape index (κ3) is 3.15. The van der Waals surface area contributed by atoms with Crippen LogP contribution in [0.1, 0.15) is 35.2 Å². The maximum atomic E-state index is 10.0. The summed E-state index contributed by atoms with van der Waals surface area (Å²) in [5.41, 5.74) is 5.44. The van der Waals surface area contributed by atoms with E-state index in [0.717, 1.165) is 21.3 Å². The summed E-state index contributed by atoms with van der Waals surface area (Å²) in [5.74, 6) is 0.343. The van der Waals surface area contributed by atoms with Crippen LogP contribution < -0.4 is 5.32 Å². The molecule has 0 aliphatic carbocycles. The minimum atomic E-state index is 0.0515. The summed E-state index contributed by atoms with van der Waals surface area (Å²) in [6, 6.07) is 10.1. The number of phenolic OH excluding ortho intramolecular Hbond substituents is 1. The lowest BCUT2D eigenvalue weighted by Crippen LogP contribution is -2.07. The van der Waals surface area contributed by atoms with Crippen molar-refractivity contribution in [1.82, 2.24) is 0 Å². The largest absolute Gasteiger partial charge is 0.508 e. The molecule has 0 spiro atoms. The number of aryl methyl sites for hydroxylation is 3. The van der Waals surface area contributed by atoms with E-state index in [1.165, 1.54) is 11.1 Å². The zero-order chi connectivity index (χ0) is 14.9. The Morgan fingerprint density at radius 3 is 2.20 bits per heavy atom. The molecule has 0 saturated heterocycles. The molecule has 106 valence electrons. The van der Waals surface area contributed by atoms with Crippen molar-refractivity contribution in [2.75, 3.05) is 5.32 Å². The SMILES string of the molecule is Cc1ccc(C(C)Nc2cc(C)c(Br)c(C)c2)c(O)c1. The molecule has 0 aromatic heterocycles. The van der Waals surface area contributed by atoms with Gasteiger partial charge in [-0.3, -0.25) is 0 Å². The van der Waals surface area contributed by atoms with E-state index >= 15 is 0 Å². The van der Waals surface area contributed by atoms with Gasteiger partial charge in [0.1, 0.15) is 5.75 Å². The molecule has 0 amide bonds. The predicted octanol–water partition coefficient (Wildman–Crippen LogP) is 5.25. The minimum absolute atomic E-state index is 0.0515. The van der Waals surface area contributed by atoms with E-state index in [1.54, 1.807) is 6.07 Å². The molecular weight excluding hydrogens is 314 g/mol. The lowest BCUT2D eigenvalue weighted by molar-refractivity contribution is 0.465. The summed E-state index contributed by atoms with van der Waals surface area (Å²) in [6.07, 6.45) is 0. The summed E-state index contributed by atoms with van der Waals surface area (Å²) >= 11 is 3.58. The van der Waals surface area contributed by atoms with Gasteiger partial charge < -0.3 is 10.4 Å². The van der Waals surface area contributed by atoms with Crippen LogP contribution in [0.15, 0.2) is 34.8 Å². The average molecular weight is 334 g/mol. The topological polar surface area (TPSA) is 32.3 Å². The van der Waals surface area contributed by atoms with Crippen molar-refractivity contribution in [3.63, 3.8) is 0 Å². The Kier molecular flexibility index (Phi) is 4.39. The monoisotopic (exact) mass is 333 g/mol. The third-order valence-corrected chi connectivity index (χ3v) is 4.72. The molecule has 2 N–H and O–H groups in total. The molecular formula is C17H20BrNO. The highest BCUT2D eigenvalue weighted by Crippen LogP contribution is 2.30. The smallest absolute Gasteiger partial charge is 0.121 e. The maximum Gasteiger partial charge on any atom is 0.121 e. The molecule has 0 bridgehead atoms. The number of halogens is 1. The van der Waals surface area contributed by atoms with Gasteiger partial charge in [0.2, 0.25) is 0 Å². The van der Waals surface area contributed by atoms with Crippen LogP contribution in [0.25, 0.3) is 0 Å². The van der Waals surface area contributed by atoms with Crippen molar-refractivity contribution in [1.29, 1.82) is 0 Å². The molecule has 2 aromatic carbocycles. The van der Waals surface area contributed by atoms with Crippen LogP contribution in [-0.4, -0.2) is 5.11 Å². The number of nitrogens with one attached hydrogen (secondary N) is 1. The van der Waals surface area contributed by atoms with Gasteiger partial charge in [-0.05, 0) is 62.6 Å². The molecule has 2 aromatic rings. The zero-order valence-corrected chi connectivity index (χ0v) is 13.9. The summed E-state index contributed by atoms with van der Waals surface area (Å²) in [7, 11) is 0. The van der Waals surface area contributed by atoms with E-state index in [-0.39, 0.29) is 6.04 Å². The standard InChI is InChI=1S/C17H20BrNO/c1-10-5-6-15(16(20)7-10)13(4)19-14-8-11(2)17(18)12(3)9-14/h5-9,13,19-20H,1-4H3. The Bertz CT molecular complexity index is 614. The predicted molar refractivity (Wildman–Crippen MR) is 88.5 cm³/mol. The summed E-state index contributed by atoms with van der Waals surface area (Å²) in [4.78, 5) is 0. The van der Waals surface area contributed by atoms with Gasteiger partial charge >= 0.3 is 0 Å². The van der Waals surface area contributed by atoms with Crippen molar-refractivity contribution < 1.29 is 5.11 Å². The number of aromatic hydroxyl groups is 1. The number of benzene rings is 2. The fourth-order valence-electron chi connectivity index (χ4n) is 2.38. The van der Waals surface area contributed by atoms with Gasteiger partial charge in [0.15, 0.2) is 0 Å². The number of hydrogen-bond donors (Lipinski definition) is 2. The van der Waals surface area contributed by atoms with Gasteiger partial charge in [-0.15, -0.1) is 0 Å². The van der Waals surface area contributed by atoms with Gasteiger partial charge in [-0.1, -0.05) is 28.1 Å². The van der Waals surface area contributed by atoms with Crippen LogP contribution in [0.4, 0.5) is 5.69 Å². The van der Waals surface area contributed by atoms with Crippen LogP contribution in [0.5, 0.6) is 5.75 Å². The molecule has 2 nitrogen and oxygen atoms in total. The lowest BCUT2D eigenvalue weighted by Gasteiger charge is -2.18. The Morgan fingerprint density at radius 1 is 1.05 bits per heavy atom. The zero-order valence-electron chi connectivity index (χ0n) is 12.3. The first-order valence-corrected chi connectivity index (χ1v) is 7.50. The highest BCUT2D eigenvalue weighted by Gasteiger charge is 2.11. The van der Waals surface area contributed by atoms with E-state index in [9.17, 15) is 5.11 Å². The van der Waals surface area contributed by atoms with E-state index in [4.69, 9.17) is 0 Å². The summed E-state index contributed by atoms with van der Waals surface area (Å²) in [5, 5.41) is 13.5. The molecule has 0 fully saturated rings. The van der Waals surface area contributed by atoms with Gasteiger partial charge in [0.25, 0.3) is 0 Å². The molecule has 1 atom stereocenters. The fourth-order valence-corrected chi connectivity index (χ4v) is 2.61. The summed E-state index contributed by atoms with van der Waals surface area (Å²) < 4.78 is 1.15. The van der Waals surface area contributed by atoms with Gasteiger partial charge in [-0.2, -0.15) is 0 Å². The van der Waals surface area contributed by atoms with Crippen LogP contribution in [-0.2, 0) is 0 Å². The quantitative estimate of drug-likeness (QED) is 0.803. The fraction of sp³-hybridized carbons (Fsp3) is 0.294. The highest BCUT2D eigenvalue weighted by atomic mass is 79.9. The molecule has 3 heteroatoms. The second-order valence-electron chi connectivity index (χ2n) is 5.35. The number of rotatable bonds is 3. The molecule has 2 rings (SSSR count). The Hall–Kier alpha value is -1.48. The van der Waals surface area contributed by atoms with Crippen molar-refractivity contribution in [2.24, 2.45) is 0 Å². The van der Waals surface area contributed by atoms with E-state index in [0.29, 0.717) is 5.75 Å². The minimum Gasteiger partial charge on any atom is -0.508 e. The number of hydrogen-bond acceptors (Lipinski definition) is 2. The number of phenols is 1. The normalized spacial score (nSPS) is 12.2. The Morgan fingerprint density at radius 2 is 1.65 bits per heavy atom. The van der Waals surface area contributed by atoms with E-state index in [1.807, 2.05) is 19.1 Å². The number of anilines is 1. The molecule has 0 aliphatic rings. The molecule has 0 saturated carbocycles. The Balaban J connectivity index is 2.25. The second kappa shape index (κ2) is 5.88. The van der Waals surface area contributed by atoms with Gasteiger partial charge in [0.05, 0.1) is 6.04 Å². The van der Waals surface area contributed by atoms with E-state index in [2.05, 4.69) is 54.2 Å². The molecule has 0 radical (unpaired) electrons. The van der Waals surface area contributed by atoms with E-state index < -0.39 is 0 Å². The lowest BCUT2D eigenvalue weighted by atomic mass is 10.0. The second-order valence-corrected chi connectivity index (χ2v) is 6.15. The van der Waals surface area contributed by atoms with Crippen molar-refractivity contribution >= 4 is 21.6 Å². The van der Waals surface area contributed by atoms with Crippen LogP contribution in [0.2, 0.25) is 0 Å². The van der Waals surface area contributed by atoms with Crippen molar-refractivity contribution in [3.8, 4) is 5.75 Å². The Labute approximate surface area is 129 Å². The van der Waals surface area contributed by atoms with Crippen molar-refractivity contribution in [3.05, 3.63) is 57.1 Å². The first-order valence-electron chi connectivity index (χ1n) is 6.71. The summed E-state index contributed by atoms with van der Waals surface area (Å²) in [6.45, 7) is 8.19. The van der Waals surface area contributed by atoms with Crippen molar-refractivity contribution in [2.45, 2.75) is 33.7 Å². The maximum absolute atomic E-state index is 10.0. The van der Waals surface area contributed by atoms with Crippen LogP contribution >= 0.6 is 15.9 Å². The first-order chi connectivity index (χ1) is 9.38. The molecule has 1 unspecified atom stereocenters. The molecule has 0 heterocycles. The third-order valence-electron chi connectivity index (χ3n) is 3.47. The van der Waals surface area contributed by atoms with Crippen LogP contribution in [0.3, 0.4) is 0 Å². The average Bonchev–Trinajstić information content (AvgIpc) is 2.35. The van der Waals surface area contributed by atoms with Crippen LogP contribution in [0, 0.1) is 20.8 Å².